The first-order chi connectivity index (χ1) is 42.9. The highest BCUT2D eigenvalue weighted by atomic mass is 35.5. The maximum Gasteiger partial charge on any atom is 0.318 e. The fourth-order valence-corrected chi connectivity index (χ4v) is 13.0. The first-order valence-electron chi connectivity index (χ1n) is 30.0. The Morgan fingerprint density at radius 2 is 1.80 bits per heavy atom. The van der Waals surface area contributed by atoms with Crippen LogP contribution in [0.3, 0.4) is 0 Å². The van der Waals surface area contributed by atoms with E-state index in [9.17, 15) is 24.9 Å². The number of amides is 3. The number of nitrogens with one attached hydrogen (secondary N) is 3. The van der Waals surface area contributed by atoms with Crippen LogP contribution in [0.15, 0.2) is 115 Å². The maximum atomic E-state index is 16.1. The monoisotopic (exact) mass is 1250 g/mol. The second-order valence-electron chi connectivity index (χ2n) is 24.0. The highest BCUT2D eigenvalue weighted by molar-refractivity contribution is 6.32. The Kier molecular flexibility index (Phi) is 21.7. The van der Waals surface area contributed by atoms with E-state index in [2.05, 4.69) is 91.7 Å². The van der Waals surface area contributed by atoms with Crippen LogP contribution in [0.4, 0.5) is 21.6 Å². The largest absolute Gasteiger partial charge is 0.495 e. The van der Waals surface area contributed by atoms with Gasteiger partial charge in [0.2, 0.25) is 11.8 Å². The van der Waals surface area contributed by atoms with Crippen molar-refractivity contribution in [2.24, 2.45) is 11.3 Å². The zero-order chi connectivity index (χ0) is 63.4. The van der Waals surface area contributed by atoms with Gasteiger partial charge in [0.15, 0.2) is 0 Å². The predicted octanol–water partition coefficient (Wildman–Crippen LogP) is 9.52. The molecule has 7 atom stereocenters. The predicted molar refractivity (Wildman–Crippen MR) is 343 cm³/mol. The second kappa shape index (κ2) is 29.5. The molecule has 0 bridgehead atoms. The van der Waals surface area contributed by atoms with Crippen molar-refractivity contribution in [3.05, 3.63) is 148 Å². The lowest BCUT2D eigenvalue weighted by Gasteiger charge is -2.42. The number of hydrogen-bond donors (Lipinski definition) is 3. The van der Waals surface area contributed by atoms with Crippen LogP contribution in [-0.4, -0.2) is 148 Å². The number of carbonyl (C=O) groups excluding carboxylic acids is 3. The first-order valence-corrected chi connectivity index (χ1v) is 30.7. The summed E-state index contributed by atoms with van der Waals surface area (Å²) in [5.74, 6) is 0.815. The summed E-state index contributed by atoms with van der Waals surface area (Å²) in [5, 5.41) is 32.9. The molecular weight excluding hydrogens is 1170 g/mol. The van der Waals surface area contributed by atoms with Crippen LogP contribution < -0.4 is 35.2 Å². The summed E-state index contributed by atoms with van der Waals surface area (Å²) in [4.78, 5) is 59.4. The van der Waals surface area contributed by atoms with Gasteiger partial charge >= 0.3 is 6.01 Å². The molecular formula is C68H76Cl2FN11O7. The Hall–Kier alpha value is -8.06. The van der Waals surface area contributed by atoms with E-state index < -0.39 is 35.1 Å². The third-order valence-corrected chi connectivity index (χ3v) is 17.5. The van der Waals surface area contributed by atoms with Crippen LogP contribution >= 0.6 is 23.2 Å². The van der Waals surface area contributed by atoms with E-state index in [4.69, 9.17) is 58.5 Å². The fourth-order valence-electron chi connectivity index (χ4n) is 12.8. The van der Waals surface area contributed by atoms with Gasteiger partial charge in [0.05, 0.1) is 86.6 Å². The van der Waals surface area contributed by atoms with E-state index in [1.807, 2.05) is 33.9 Å². The smallest absolute Gasteiger partial charge is 0.318 e. The number of methoxy groups -OCH3 is 1. The second-order valence-corrected chi connectivity index (χ2v) is 24.9. The zero-order valence-electron chi connectivity index (χ0n) is 50.9. The number of carbonyl (C=O) groups is 3. The van der Waals surface area contributed by atoms with E-state index in [0.717, 1.165) is 34.7 Å². The van der Waals surface area contributed by atoms with Crippen LogP contribution in [0.25, 0.3) is 10.8 Å². The number of halogens is 3. The van der Waals surface area contributed by atoms with Crippen molar-refractivity contribution in [3.8, 4) is 36.2 Å². The molecule has 5 aromatic rings. The summed E-state index contributed by atoms with van der Waals surface area (Å²) in [6, 6.07) is 26.7. The molecule has 466 valence electrons. The molecule has 5 heterocycles. The van der Waals surface area contributed by atoms with Gasteiger partial charge in [-0.15, -0.1) is 6.42 Å². The molecule has 3 amide bonds. The number of hydrogen-bond acceptors (Lipinski definition) is 15. The number of anilines is 3. The molecule has 3 fully saturated rings. The average molecular weight is 1250 g/mol. The first kappa shape index (κ1) is 65.4. The van der Waals surface area contributed by atoms with Crippen molar-refractivity contribution in [2.45, 2.75) is 95.1 Å². The Morgan fingerprint density at radius 1 is 0.989 bits per heavy atom. The van der Waals surface area contributed by atoms with Gasteiger partial charge in [-0.1, -0.05) is 111 Å². The fraction of sp³-hybridized carbons (Fsp3) is 0.426. The molecule has 18 nitrogen and oxygen atoms in total. The number of piperazine rings is 1. The molecule has 89 heavy (non-hydrogen) atoms. The minimum atomic E-state index is -1.52. The number of nitriles is 2. The van der Waals surface area contributed by atoms with Crippen LogP contribution in [0.5, 0.6) is 11.8 Å². The number of ether oxygens (including phenoxy) is 4. The van der Waals surface area contributed by atoms with Crippen molar-refractivity contribution >= 4 is 68.9 Å². The quantitative estimate of drug-likeness (QED) is 0.0241. The average Bonchev–Trinajstić information content (AvgIpc) is 1.62. The molecule has 4 aromatic carbocycles. The number of benzene rings is 4. The molecule has 4 aliphatic rings. The Balaban J connectivity index is 0.774. The van der Waals surface area contributed by atoms with Gasteiger partial charge in [-0.05, 0) is 92.1 Å². The van der Waals surface area contributed by atoms with Gasteiger partial charge in [0, 0.05) is 90.1 Å². The van der Waals surface area contributed by atoms with Crippen LogP contribution in [0.2, 0.25) is 5.02 Å². The van der Waals surface area contributed by atoms with Crippen LogP contribution in [0, 0.1) is 52.2 Å². The van der Waals surface area contributed by atoms with Gasteiger partial charge in [-0.2, -0.15) is 20.5 Å². The highest BCUT2D eigenvalue weighted by Crippen LogP contribution is 2.49. The molecule has 0 unspecified atom stereocenters. The molecule has 1 aromatic heterocycles. The Labute approximate surface area is 530 Å². The van der Waals surface area contributed by atoms with Gasteiger partial charge < -0.3 is 49.6 Å². The lowest BCUT2D eigenvalue weighted by molar-refractivity contribution is -0.128. The summed E-state index contributed by atoms with van der Waals surface area (Å²) in [5.41, 5.74) is 1.89. The number of rotatable bonds is 23. The lowest BCUT2D eigenvalue weighted by atomic mass is 9.63. The van der Waals surface area contributed by atoms with Gasteiger partial charge in [-0.25, -0.2) is 4.39 Å². The van der Waals surface area contributed by atoms with E-state index in [0.29, 0.717) is 71.8 Å². The molecule has 0 saturated carbocycles. The highest BCUT2D eigenvalue weighted by Gasteiger charge is 2.59. The number of fused-ring (bicyclic) bond motifs is 2. The molecule has 3 saturated heterocycles. The van der Waals surface area contributed by atoms with E-state index >= 15 is 4.39 Å². The lowest BCUT2D eigenvalue weighted by Crippen LogP contribution is -2.55. The summed E-state index contributed by atoms with van der Waals surface area (Å²) < 4.78 is 40.4. The number of allylic oxidation sites excluding steroid dienone is 4. The van der Waals surface area contributed by atoms with Crippen LogP contribution in [-0.2, 0) is 37.4 Å². The van der Waals surface area contributed by atoms with E-state index in [1.54, 1.807) is 35.3 Å². The zero-order valence-corrected chi connectivity index (χ0v) is 52.5. The van der Waals surface area contributed by atoms with Gasteiger partial charge in [0.25, 0.3) is 5.91 Å². The van der Waals surface area contributed by atoms with Crippen LogP contribution in [0.1, 0.15) is 73.6 Å². The topological polar surface area (TPSA) is 211 Å². The van der Waals surface area contributed by atoms with E-state index in [1.165, 1.54) is 42.8 Å². The number of aromatic nitrogens is 2. The summed E-state index contributed by atoms with van der Waals surface area (Å²) in [7, 11) is 3.47. The molecule has 21 heteroatoms. The minimum Gasteiger partial charge on any atom is -0.495 e. The van der Waals surface area contributed by atoms with E-state index in [-0.39, 0.29) is 100 Å². The third-order valence-electron chi connectivity index (χ3n) is 17.1. The summed E-state index contributed by atoms with van der Waals surface area (Å²) in [6.07, 6.45) is 13.8. The Bertz CT molecular complexity index is 3610. The van der Waals surface area contributed by atoms with Crippen molar-refractivity contribution in [2.75, 3.05) is 95.0 Å². The summed E-state index contributed by atoms with van der Waals surface area (Å²) in [6.45, 7) is 14.6. The number of nitrogens with zero attached hydrogens (tertiary/aromatic N) is 8. The molecule has 0 aliphatic carbocycles. The number of likely N-dealkylation sites (tertiary alicyclic amines) is 1. The molecule has 0 radical (unpaired) electrons. The third kappa shape index (κ3) is 15.3. The SMILES string of the molecule is C#C/C(Cl)=C\C=C/C[C@H]1[C@H](C(=O)Nc2ccc(C(=O)NCCOCCO[C@@H]3C[C@@H](COc4nc5c(c(N6CCN(C(=O)C=C)[C@@H](CC#N)C6)n4)CCN(c4cccc6ccccc46)C5)N(C)C3)cc2OC)N[C@@H](CC(C)(C)C)[C@]1(C#N)c1ccc(Cl)cc1F. The minimum absolute atomic E-state index is 0.0192. The van der Waals surface area contributed by atoms with Crippen molar-refractivity contribution in [1.82, 2.24) is 30.4 Å². The standard InChI is InChI=1S/C68H76Cl2FN11O7/c1-8-46(69)17-11-13-19-54-62(77-60(38-67(3,4)5)68(54,43-73)53-23-22-47(70)36-55(53)71)65(85)75-56-24-21-45(35-59(56)86-7)64(84)74-28-32-87-33-34-88-50-37-49(79(6)40-50)42-89-66-76-57-41-80(58-20-14-16-44-15-10-12-18-51(44)58)29-26-52(57)63(78-66)81-30-31-82(61(83)9-2)48(39-81)25-27-72/h1,9-18,20-24,35-36,48-50,54,60,62,77H,2,19,25-26,28-34,37-42H2,3-7H3,(H,74,84)(H,75,85)/b13-11-,46-17+/t48-,49-,50+,54-,60-,62+,68+/m0/s1. The maximum absolute atomic E-state index is 16.1. The molecule has 0 spiro atoms. The van der Waals surface area contributed by atoms with Gasteiger partial charge in [-0.3, -0.25) is 19.3 Å². The molecule has 3 N–H and O–H groups in total. The van der Waals surface area contributed by atoms with Crippen molar-refractivity contribution < 1.29 is 37.7 Å². The van der Waals surface area contributed by atoms with Crippen molar-refractivity contribution in [1.29, 1.82) is 10.5 Å². The number of terminal acetylenes is 1. The van der Waals surface area contributed by atoms with Gasteiger partial charge in [0.1, 0.15) is 29.4 Å². The molecule has 9 rings (SSSR count). The number of likely N-dealkylation sites (N-methyl/N-ethyl adjacent to an activating group) is 1. The summed E-state index contributed by atoms with van der Waals surface area (Å²) >= 11 is 12.3. The molecule has 4 aliphatic heterocycles. The normalized spacial score (nSPS) is 22.1. The van der Waals surface area contributed by atoms with Crippen molar-refractivity contribution in [3.63, 3.8) is 0 Å². The Morgan fingerprint density at radius 3 is 2.55 bits per heavy atom.